The van der Waals surface area contributed by atoms with Crippen molar-refractivity contribution in [2.45, 2.75) is 13.8 Å². The Morgan fingerprint density at radius 1 is 1.26 bits per heavy atom. The summed E-state index contributed by atoms with van der Waals surface area (Å²) in [6, 6.07) is 9.56. The minimum atomic E-state index is -0.368. The van der Waals surface area contributed by atoms with Crippen LogP contribution < -0.4 is 0 Å². The minimum Gasteiger partial charge on any atom is -0.303 e. The molecule has 0 spiro atoms. The molecule has 1 aromatic carbocycles. The second kappa shape index (κ2) is 7.46. The van der Waals surface area contributed by atoms with Crippen molar-refractivity contribution >= 4 is 12.4 Å². The van der Waals surface area contributed by atoms with Gasteiger partial charge < -0.3 is 4.79 Å². The van der Waals surface area contributed by atoms with Crippen molar-refractivity contribution in [2.24, 2.45) is 17.8 Å². The van der Waals surface area contributed by atoms with E-state index in [1.807, 2.05) is 50.3 Å². The quantitative estimate of drug-likeness (QED) is 0.430. The third-order valence-corrected chi connectivity index (χ3v) is 3.12. The fourth-order valence-corrected chi connectivity index (χ4v) is 2.03. The van der Waals surface area contributed by atoms with Gasteiger partial charge in [0.2, 0.25) is 6.54 Å². The monoisotopic (exact) mass is 261 g/mol. The van der Waals surface area contributed by atoms with Gasteiger partial charge in [0.25, 0.3) is 0 Å². The molecule has 0 aromatic heterocycles. The summed E-state index contributed by atoms with van der Waals surface area (Å²) in [5.41, 5.74) is 0.976. The number of rotatable bonds is 7. The Bertz CT molecular complexity index is 440. The predicted octanol–water partition coefficient (Wildman–Crippen LogP) is 3.06. The Balaban J connectivity index is 2.88. The molecule has 0 radical (unpaired) electrons. The predicted molar refractivity (Wildman–Crippen MR) is 75.2 cm³/mol. The maximum Gasteiger partial charge on any atom is 0.210 e. The summed E-state index contributed by atoms with van der Waals surface area (Å²) in [4.78, 5) is 21.5. The molecule has 0 aliphatic carbocycles. The van der Waals surface area contributed by atoms with Crippen molar-refractivity contribution in [1.82, 2.24) is 0 Å². The number of carbonyl (C=O) groups excluding carboxylic acids is 1. The average molecular weight is 261 g/mol. The molecule has 1 rings (SSSR count). The highest BCUT2D eigenvalue weighted by Crippen LogP contribution is 2.21. The third kappa shape index (κ3) is 5.04. The number of benzene rings is 1. The van der Waals surface area contributed by atoms with E-state index < -0.39 is 0 Å². The molecule has 0 heterocycles. The van der Waals surface area contributed by atoms with E-state index in [1.54, 1.807) is 6.08 Å². The number of hydrogen-bond donors (Lipinski definition) is 0. The van der Waals surface area contributed by atoms with Crippen LogP contribution in [0.3, 0.4) is 0 Å². The lowest BCUT2D eigenvalue weighted by molar-refractivity contribution is -0.487. The van der Waals surface area contributed by atoms with Gasteiger partial charge in [-0.15, -0.1) is 0 Å². The molecule has 0 saturated carbocycles. The van der Waals surface area contributed by atoms with E-state index in [2.05, 4.69) is 0 Å². The minimum absolute atomic E-state index is 0.0860. The van der Waals surface area contributed by atoms with E-state index in [1.165, 1.54) is 0 Å². The van der Waals surface area contributed by atoms with E-state index >= 15 is 0 Å². The Morgan fingerprint density at radius 2 is 1.89 bits per heavy atom. The van der Waals surface area contributed by atoms with Gasteiger partial charge in [-0.25, -0.2) is 0 Å². The number of nitro groups is 1. The van der Waals surface area contributed by atoms with Crippen LogP contribution in [0.5, 0.6) is 0 Å². The van der Waals surface area contributed by atoms with Crippen LogP contribution in [0.1, 0.15) is 19.4 Å². The maximum absolute atomic E-state index is 11.1. The molecule has 2 unspecified atom stereocenters. The van der Waals surface area contributed by atoms with Gasteiger partial charge in [-0.1, -0.05) is 56.3 Å². The normalized spacial score (nSPS) is 14.5. The number of hydrogen-bond acceptors (Lipinski definition) is 3. The summed E-state index contributed by atoms with van der Waals surface area (Å²) in [5.74, 6) is -0.610. The zero-order valence-electron chi connectivity index (χ0n) is 11.2. The van der Waals surface area contributed by atoms with Crippen LogP contribution in [-0.4, -0.2) is 17.8 Å². The fraction of sp³-hybridized carbons (Fsp3) is 0.400. The van der Waals surface area contributed by atoms with E-state index in [-0.39, 0.29) is 29.2 Å². The first kappa shape index (κ1) is 15.1. The van der Waals surface area contributed by atoms with Gasteiger partial charge in [-0.3, -0.25) is 10.1 Å². The summed E-state index contributed by atoms with van der Waals surface area (Å²) in [5, 5.41) is 10.7. The molecule has 0 fully saturated rings. The van der Waals surface area contributed by atoms with Gasteiger partial charge >= 0.3 is 0 Å². The van der Waals surface area contributed by atoms with E-state index in [0.717, 1.165) is 11.8 Å². The largest absolute Gasteiger partial charge is 0.303 e. The highest BCUT2D eigenvalue weighted by Gasteiger charge is 2.26. The summed E-state index contributed by atoms with van der Waals surface area (Å²) >= 11 is 0. The summed E-state index contributed by atoms with van der Waals surface area (Å²) < 4.78 is 0. The Labute approximate surface area is 113 Å². The second-order valence-corrected chi connectivity index (χ2v) is 4.91. The molecule has 102 valence electrons. The molecule has 4 heteroatoms. The molecule has 2 atom stereocenters. The van der Waals surface area contributed by atoms with Crippen LogP contribution in [0.25, 0.3) is 6.08 Å². The molecule has 0 saturated heterocycles. The first-order valence-electron chi connectivity index (χ1n) is 6.35. The van der Waals surface area contributed by atoms with Crippen LogP contribution in [0.2, 0.25) is 0 Å². The highest BCUT2D eigenvalue weighted by atomic mass is 16.6. The number of carbonyl (C=O) groups is 1. The van der Waals surface area contributed by atoms with Gasteiger partial charge in [-0.2, -0.15) is 0 Å². The molecule has 1 aromatic rings. The topological polar surface area (TPSA) is 60.2 Å². The van der Waals surface area contributed by atoms with Crippen LogP contribution in [0.4, 0.5) is 0 Å². The third-order valence-electron chi connectivity index (χ3n) is 3.12. The van der Waals surface area contributed by atoms with Crippen LogP contribution in [0.15, 0.2) is 36.4 Å². The molecular weight excluding hydrogens is 242 g/mol. The Kier molecular flexibility index (Phi) is 5.93. The lowest BCUT2D eigenvalue weighted by Gasteiger charge is -2.19. The summed E-state index contributed by atoms with van der Waals surface area (Å²) in [6.07, 6.45) is 4.44. The molecule has 0 aliphatic rings. The van der Waals surface area contributed by atoms with Gasteiger partial charge in [0.15, 0.2) is 0 Å². The maximum atomic E-state index is 11.1. The molecule has 0 amide bonds. The molecule has 19 heavy (non-hydrogen) atoms. The molecule has 4 nitrogen and oxygen atoms in total. The molecule has 0 N–H and O–H groups in total. The van der Waals surface area contributed by atoms with Gasteiger partial charge in [-0.05, 0) is 11.5 Å². The smallest absolute Gasteiger partial charge is 0.210 e. The summed E-state index contributed by atoms with van der Waals surface area (Å²) in [6.45, 7) is 3.59. The van der Waals surface area contributed by atoms with Crippen molar-refractivity contribution in [1.29, 1.82) is 0 Å². The average Bonchev–Trinajstić information content (AvgIpc) is 2.36. The van der Waals surface area contributed by atoms with Gasteiger partial charge in [0.05, 0.1) is 5.92 Å². The first-order chi connectivity index (χ1) is 9.04. The SMILES string of the molecule is CC(C)C(C=O)C(/C=C/c1ccccc1)C[N+](=O)[O-]. The zero-order chi connectivity index (χ0) is 14.3. The van der Waals surface area contributed by atoms with Crippen LogP contribution in [-0.2, 0) is 4.79 Å². The Hall–Kier alpha value is -1.97. The van der Waals surface area contributed by atoms with Crippen molar-refractivity contribution in [3.63, 3.8) is 0 Å². The van der Waals surface area contributed by atoms with E-state index in [4.69, 9.17) is 0 Å². The number of aldehydes is 1. The fourth-order valence-electron chi connectivity index (χ4n) is 2.03. The van der Waals surface area contributed by atoms with Crippen LogP contribution in [0, 0.1) is 27.9 Å². The van der Waals surface area contributed by atoms with Crippen molar-refractivity contribution in [3.05, 3.63) is 52.1 Å². The summed E-state index contributed by atoms with van der Waals surface area (Å²) in [7, 11) is 0. The molecule has 0 aliphatic heterocycles. The highest BCUT2D eigenvalue weighted by molar-refractivity contribution is 5.57. The zero-order valence-corrected chi connectivity index (χ0v) is 11.2. The van der Waals surface area contributed by atoms with Crippen LogP contribution >= 0.6 is 0 Å². The molecular formula is C15H19NO3. The second-order valence-electron chi connectivity index (χ2n) is 4.91. The van der Waals surface area contributed by atoms with E-state index in [9.17, 15) is 14.9 Å². The van der Waals surface area contributed by atoms with Crippen molar-refractivity contribution in [2.75, 3.05) is 6.54 Å². The standard InChI is InChI=1S/C15H19NO3/c1-12(2)15(11-17)14(10-16(18)19)9-8-13-6-4-3-5-7-13/h3-9,11-12,14-15H,10H2,1-2H3/b9-8+. The first-order valence-corrected chi connectivity index (χ1v) is 6.35. The van der Waals surface area contributed by atoms with Gasteiger partial charge in [0.1, 0.15) is 6.29 Å². The number of nitrogens with zero attached hydrogens (tertiary/aromatic N) is 1. The van der Waals surface area contributed by atoms with E-state index in [0.29, 0.717) is 0 Å². The lowest BCUT2D eigenvalue weighted by atomic mass is 9.84. The molecule has 0 bridgehead atoms. The van der Waals surface area contributed by atoms with Crippen molar-refractivity contribution in [3.8, 4) is 0 Å². The van der Waals surface area contributed by atoms with Crippen molar-refractivity contribution < 1.29 is 9.72 Å². The Morgan fingerprint density at radius 3 is 2.37 bits per heavy atom. The van der Waals surface area contributed by atoms with Gasteiger partial charge in [0, 0.05) is 10.8 Å². The lowest BCUT2D eigenvalue weighted by Crippen LogP contribution is -2.26.